The van der Waals surface area contributed by atoms with Crippen molar-refractivity contribution in [1.82, 2.24) is 0 Å². The van der Waals surface area contributed by atoms with Gasteiger partial charge in [0.25, 0.3) is 0 Å². The average molecular weight is 361 g/mol. The Balaban J connectivity index is 1.55. The van der Waals surface area contributed by atoms with E-state index in [0.29, 0.717) is 23.0 Å². The zero-order valence-corrected chi connectivity index (χ0v) is 15.2. The highest BCUT2D eigenvalue weighted by Crippen LogP contribution is 2.50. The van der Waals surface area contributed by atoms with E-state index in [9.17, 15) is 9.90 Å². The molecule has 0 bridgehead atoms. The molecule has 1 heterocycles. The van der Waals surface area contributed by atoms with Crippen LogP contribution in [-0.4, -0.2) is 22.9 Å². The van der Waals surface area contributed by atoms with Crippen LogP contribution < -0.4 is 11.1 Å². The lowest BCUT2D eigenvalue weighted by Gasteiger charge is -2.20. The first-order valence-corrected chi connectivity index (χ1v) is 9.70. The first-order valence-electron chi connectivity index (χ1n) is 9.70. The summed E-state index contributed by atoms with van der Waals surface area (Å²) >= 11 is 0. The molecular formula is C22H23N3O2. The van der Waals surface area contributed by atoms with Crippen LogP contribution in [0.4, 0.5) is 5.69 Å². The maximum atomic E-state index is 12.6. The van der Waals surface area contributed by atoms with Crippen LogP contribution in [0, 0.1) is 0 Å². The number of carbonyl (C=O) groups is 1. The maximum Gasteiger partial charge on any atom is 0.235 e. The molecule has 4 N–H and O–H groups in total. The highest BCUT2D eigenvalue weighted by Gasteiger charge is 2.48. The number of amidine groups is 1. The van der Waals surface area contributed by atoms with Gasteiger partial charge in [0.15, 0.2) is 0 Å². The highest BCUT2D eigenvalue weighted by molar-refractivity contribution is 6.07. The minimum Gasteiger partial charge on any atom is -0.507 e. The SMILES string of the molecule is NC(=NC1CC1)c1cccc(-c2ccc3c(c2)NC(=O)C32CCCC2)c1O. The molecule has 0 saturated heterocycles. The van der Waals surface area contributed by atoms with E-state index in [0.717, 1.165) is 55.3 Å². The van der Waals surface area contributed by atoms with Gasteiger partial charge in [-0.05, 0) is 48.9 Å². The fraction of sp³-hybridized carbons (Fsp3) is 0.364. The van der Waals surface area contributed by atoms with E-state index in [4.69, 9.17) is 5.73 Å². The topological polar surface area (TPSA) is 87.7 Å². The number of phenols is 1. The van der Waals surface area contributed by atoms with Gasteiger partial charge in [0.1, 0.15) is 11.6 Å². The van der Waals surface area contributed by atoms with Crippen molar-refractivity contribution in [1.29, 1.82) is 0 Å². The molecule has 2 aliphatic carbocycles. The highest BCUT2D eigenvalue weighted by atomic mass is 16.3. The summed E-state index contributed by atoms with van der Waals surface area (Å²) in [5.74, 6) is 0.640. The lowest BCUT2D eigenvalue weighted by atomic mass is 9.79. The summed E-state index contributed by atoms with van der Waals surface area (Å²) in [6, 6.07) is 11.8. The maximum absolute atomic E-state index is 12.6. The number of aliphatic imine (C=N–C) groups is 1. The monoisotopic (exact) mass is 361 g/mol. The fourth-order valence-electron chi connectivity index (χ4n) is 4.52. The number of rotatable bonds is 3. The Hall–Kier alpha value is -2.82. The lowest BCUT2D eigenvalue weighted by Crippen LogP contribution is -2.30. The molecule has 2 saturated carbocycles. The number of anilines is 1. The van der Waals surface area contributed by atoms with Crippen LogP contribution in [0.5, 0.6) is 5.75 Å². The van der Waals surface area contributed by atoms with Crippen molar-refractivity contribution in [2.24, 2.45) is 10.7 Å². The van der Waals surface area contributed by atoms with Crippen molar-refractivity contribution in [3.8, 4) is 16.9 Å². The summed E-state index contributed by atoms with van der Waals surface area (Å²) in [6.07, 6.45) is 6.15. The Morgan fingerprint density at radius 2 is 1.96 bits per heavy atom. The fourth-order valence-corrected chi connectivity index (χ4v) is 4.52. The predicted molar refractivity (Wildman–Crippen MR) is 106 cm³/mol. The van der Waals surface area contributed by atoms with Gasteiger partial charge in [-0.3, -0.25) is 9.79 Å². The van der Waals surface area contributed by atoms with E-state index in [-0.39, 0.29) is 17.1 Å². The number of phenolic OH excluding ortho intramolecular Hbond substituents is 1. The van der Waals surface area contributed by atoms with E-state index in [1.54, 1.807) is 6.07 Å². The number of amides is 1. The molecule has 0 aromatic heterocycles. The van der Waals surface area contributed by atoms with Gasteiger partial charge in [-0.25, -0.2) is 0 Å². The number of nitrogens with one attached hydrogen (secondary N) is 1. The molecule has 1 spiro atoms. The van der Waals surface area contributed by atoms with E-state index < -0.39 is 0 Å². The number of nitrogens with zero attached hydrogens (tertiary/aromatic N) is 1. The van der Waals surface area contributed by atoms with Gasteiger partial charge in [-0.15, -0.1) is 0 Å². The Kier molecular flexibility index (Phi) is 3.54. The van der Waals surface area contributed by atoms with Crippen LogP contribution in [-0.2, 0) is 10.2 Å². The number of hydrogen-bond donors (Lipinski definition) is 3. The van der Waals surface area contributed by atoms with Crippen LogP contribution in [0.25, 0.3) is 11.1 Å². The number of aromatic hydroxyl groups is 1. The first-order chi connectivity index (χ1) is 13.1. The molecule has 5 heteroatoms. The molecule has 2 aromatic carbocycles. The molecule has 3 aliphatic rings. The molecule has 2 aromatic rings. The number of carbonyl (C=O) groups excluding carboxylic acids is 1. The third kappa shape index (κ3) is 2.52. The Morgan fingerprint density at radius 1 is 1.19 bits per heavy atom. The summed E-state index contributed by atoms with van der Waals surface area (Å²) in [5, 5.41) is 13.9. The van der Waals surface area contributed by atoms with Gasteiger partial charge in [-0.1, -0.05) is 37.1 Å². The van der Waals surface area contributed by atoms with Gasteiger partial charge >= 0.3 is 0 Å². The van der Waals surface area contributed by atoms with Crippen LogP contribution in [0.15, 0.2) is 41.4 Å². The lowest BCUT2D eigenvalue weighted by molar-refractivity contribution is -0.120. The van der Waals surface area contributed by atoms with Gasteiger partial charge in [0.05, 0.1) is 17.0 Å². The van der Waals surface area contributed by atoms with E-state index in [1.807, 2.05) is 30.3 Å². The van der Waals surface area contributed by atoms with Crippen LogP contribution in [0.2, 0.25) is 0 Å². The standard InChI is InChI=1S/C22H23N3O2/c23-20(24-14-7-8-14)16-5-3-4-15(19(16)26)13-6-9-17-18(12-13)25-21(27)22(17)10-1-2-11-22/h3-6,9,12,14,26H,1-2,7-8,10-11H2,(H2,23,24)(H,25,27). The zero-order chi connectivity index (χ0) is 18.6. The van der Waals surface area contributed by atoms with Crippen molar-refractivity contribution in [3.63, 3.8) is 0 Å². The van der Waals surface area contributed by atoms with Gasteiger partial charge < -0.3 is 16.2 Å². The number of para-hydroxylation sites is 1. The predicted octanol–water partition coefficient (Wildman–Crippen LogP) is 3.69. The molecule has 5 rings (SSSR count). The minimum absolute atomic E-state index is 0.117. The van der Waals surface area contributed by atoms with Gasteiger partial charge in [0.2, 0.25) is 5.91 Å². The number of hydrogen-bond acceptors (Lipinski definition) is 3. The number of fused-ring (bicyclic) bond motifs is 2. The molecule has 138 valence electrons. The van der Waals surface area contributed by atoms with Crippen molar-refractivity contribution in [2.75, 3.05) is 5.32 Å². The Labute approximate surface area is 158 Å². The van der Waals surface area contributed by atoms with Crippen LogP contribution >= 0.6 is 0 Å². The molecule has 2 fully saturated rings. The third-order valence-electron chi connectivity index (χ3n) is 6.17. The minimum atomic E-state index is -0.348. The third-order valence-corrected chi connectivity index (χ3v) is 6.17. The zero-order valence-electron chi connectivity index (χ0n) is 15.2. The van der Waals surface area contributed by atoms with Crippen molar-refractivity contribution < 1.29 is 9.90 Å². The summed E-state index contributed by atoms with van der Waals surface area (Å²) in [5.41, 5.74) is 9.85. The molecule has 0 radical (unpaired) electrons. The molecule has 27 heavy (non-hydrogen) atoms. The molecule has 5 nitrogen and oxygen atoms in total. The van der Waals surface area contributed by atoms with Crippen LogP contribution in [0.1, 0.15) is 49.7 Å². The van der Waals surface area contributed by atoms with E-state index in [2.05, 4.69) is 10.3 Å². The smallest absolute Gasteiger partial charge is 0.235 e. The number of benzene rings is 2. The molecule has 0 unspecified atom stereocenters. The second-order valence-corrected chi connectivity index (χ2v) is 7.95. The van der Waals surface area contributed by atoms with Gasteiger partial charge in [-0.2, -0.15) is 0 Å². The quantitative estimate of drug-likeness (QED) is 0.575. The average Bonchev–Trinajstić information content (AvgIpc) is 3.25. The molecule has 1 amide bonds. The Morgan fingerprint density at radius 3 is 2.70 bits per heavy atom. The largest absolute Gasteiger partial charge is 0.507 e. The van der Waals surface area contributed by atoms with Crippen LogP contribution in [0.3, 0.4) is 0 Å². The first kappa shape index (κ1) is 16.4. The summed E-state index contributed by atoms with van der Waals surface area (Å²) < 4.78 is 0. The van der Waals surface area contributed by atoms with E-state index >= 15 is 0 Å². The summed E-state index contributed by atoms with van der Waals surface area (Å²) in [6.45, 7) is 0. The molecule has 1 aliphatic heterocycles. The Bertz CT molecular complexity index is 970. The summed E-state index contributed by atoms with van der Waals surface area (Å²) in [7, 11) is 0. The van der Waals surface area contributed by atoms with E-state index in [1.165, 1.54) is 0 Å². The summed E-state index contributed by atoms with van der Waals surface area (Å²) in [4.78, 5) is 17.1. The van der Waals surface area contributed by atoms with Gasteiger partial charge in [0, 0.05) is 11.3 Å². The second kappa shape index (κ2) is 5.84. The van der Waals surface area contributed by atoms with Crippen molar-refractivity contribution in [2.45, 2.75) is 50.0 Å². The number of nitrogens with two attached hydrogens (primary N) is 1. The van der Waals surface area contributed by atoms with Crippen molar-refractivity contribution >= 4 is 17.4 Å². The van der Waals surface area contributed by atoms with Crippen molar-refractivity contribution in [3.05, 3.63) is 47.5 Å². The second-order valence-electron chi connectivity index (χ2n) is 7.95. The molecular weight excluding hydrogens is 338 g/mol. The normalized spacial score (nSPS) is 20.7. The molecule has 0 atom stereocenters.